The maximum atomic E-state index is 12.2. The highest BCUT2D eigenvalue weighted by Crippen LogP contribution is 2.19. The normalized spacial score (nSPS) is 12.4. The van der Waals surface area contributed by atoms with Crippen LogP contribution in [-0.4, -0.2) is 53.4 Å². The lowest BCUT2D eigenvalue weighted by atomic mass is 10.2. The summed E-state index contributed by atoms with van der Waals surface area (Å²) in [4.78, 5) is 27.5. The molecule has 2 amide bonds. The van der Waals surface area contributed by atoms with E-state index in [0.717, 1.165) is 0 Å². The maximum Gasteiger partial charge on any atom is 0.422 e. The van der Waals surface area contributed by atoms with Gasteiger partial charge in [0.25, 0.3) is 0 Å². The number of pyridine rings is 1. The van der Waals surface area contributed by atoms with Crippen LogP contribution in [0.5, 0.6) is 5.88 Å². The fourth-order valence-electron chi connectivity index (χ4n) is 1.72. The molecule has 1 aromatic rings. The molecular formula is C14H18F3N3O4. The first-order valence-corrected chi connectivity index (χ1v) is 6.95. The highest BCUT2D eigenvalue weighted by atomic mass is 19.4. The van der Waals surface area contributed by atoms with Crippen molar-refractivity contribution in [3.05, 3.63) is 23.9 Å². The van der Waals surface area contributed by atoms with Gasteiger partial charge in [0.15, 0.2) is 6.61 Å². The van der Waals surface area contributed by atoms with Gasteiger partial charge in [-0.1, -0.05) is 13.0 Å². The van der Waals surface area contributed by atoms with Crippen molar-refractivity contribution in [1.29, 1.82) is 0 Å². The summed E-state index contributed by atoms with van der Waals surface area (Å²) in [5.74, 6) is -2.01. The third kappa shape index (κ3) is 6.71. The molecule has 0 fully saturated rings. The minimum absolute atomic E-state index is 0.00830. The van der Waals surface area contributed by atoms with Gasteiger partial charge in [0.2, 0.25) is 5.88 Å². The number of carboxylic acids is 1. The van der Waals surface area contributed by atoms with Crippen LogP contribution in [0, 0.1) is 5.92 Å². The van der Waals surface area contributed by atoms with E-state index < -0.39 is 30.7 Å². The molecule has 1 rings (SSSR count). The Morgan fingerprint density at radius 3 is 2.71 bits per heavy atom. The quantitative estimate of drug-likeness (QED) is 0.784. The largest absolute Gasteiger partial charge is 0.481 e. The number of carboxylic acid groups (broad SMARTS) is 1. The molecule has 0 bridgehead atoms. The molecule has 10 heteroatoms. The molecule has 2 N–H and O–H groups in total. The van der Waals surface area contributed by atoms with Crippen LogP contribution in [0.3, 0.4) is 0 Å². The van der Waals surface area contributed by atoms with Crippen molar-refractivity contribution in [3.8, 4) is 5.88 Å². The van der Waals surface area contributed by atoms with Crippen molar-refractivity contribution in [3.63, 3.8) is 0 Å². The molecule has 0 aliphatic rings. The van der Waals surface area contributed by atoms with Crippen molar-refractivity contribution >= 4 is 12.0 Å². The van der Waals surface area contributed by atoms with E-state index in [1.165, 1.54) is 37.2 Å². The van der Waals surface area contributed by atoms with Crippen molar-refractivity contribution in [1.82, 2.24) is 15.2 Å². The number of aliphatic carboxylic acids is 1. The van der Waals surface area contributed by atoms with Crippen LogP contribution < -0.4 is 10.1 Å². The molecule has 1 aromatic heterocycles. The first-order chi connectivity index (χ1) is 11.1. The summed E-state index contributed by atoms with van der Waals surface area (Å²) in [5, 5.41) is 11.3. The zero-order chi connectivity index (χ0) is 18.3. The summed E-state index contributed by atoms with van der Waals surface area (Å²) in [6.07, 6.45) is -3.22. The molecule has 1 atom stereocenters. The Kier molecular flexibility index (Phi) is 6.81. The highest BCUT2D eigenvalue weighted by Gasteiger charge is 2.29. The SMILES string of the molecule is CC(CN(C)C(=O)NCc1cccnc1OCC(F)(F)F)C(=O)O. The fourth-order valence-corrected chi connectivity index (χ4v) is 1.72. The second-order valence-electron chi connectivity index (χ2n) is 5.15. The number of rotatable bonds is 7. The van der Waals surface area contributed by atoms with Crippen LogP contribution in [0.15, 0.2) is 18.3 Å². The molecule has 0 aliphatic heterocycles. The van der Waals surface area contributed by atoms with Gasteiger partial charge in [-0.3, -0.25) is 4.79 Å². The Morgan fingerprint density at radius 1 is 1.46 bits per heavy atom. The third-order valence-electron chi connectivity index (χ3n) is 2.97. The second-order valence-corrected chi connectivity index (χ2v) is 5.15. The first-order valence-electron chi connectivity index (χ1n) is 6.95. The zero-order valence-electron chi connectivity index (χ0n) is 13.1. The minimum atomic E-state index is -4.49. The number of hydrogen-bond acceptors (Lipinski definition) is 4. The monoisotopic (exact) mass is 349 g/mol. The van der Waals surface area contributed by atoms with Gasteiger partial charge in [0.05, 0.1) is 5.92 Å². The summed E-state index contributed by atoms with van der Waals surface area (Å²) in [6.45, 7) is -0.144. The fraction of sp³-hybridized carbons (Fsp3) is 0.500. The first kappa shape index (κ1) is 19.5. The van der Waals surface area contributed by atoms with Crippen LogP contribution >= 0.6 is 0 Å². The van der Waals surface area contributed by atoms with E-state index in [1.807, 2.05) is 0 Å². The number of carbonyl (C=O) groups excluding carboxylic acids is 1. The average molecular weight is 349 g/mol. The van der Waals surface area contributed by atoms with Gasteiger partial charge >= 0.3 is 18.2 Å². The molecule has 0 aromatic carbocycles. The van der Waals surface area contributed by atoms with Gasteiger partial charge in [0.1, 0.15) is 0 Å². The van der Waals surface area contributed by atoms with E-state index in [0.29, 0.717) is 0 Å². The molecule has 0 spiro atoms. The Labute approximate surface area is 136 Å². The lowest BCUT2D eigenvalue weighted by Gasteiger charge is -2.20. The molecule has 134 valence electrons. The standard InChI is InChI=1S/C14H18F3N3O4/c1-9(12(21)22)7-20(2)13(23)19-6-10-4-3-5-18-11(10)24-8-14(15,16)17/h3-5,9H,6-8H2,1-2H3,(H,19,23)(H,21,22). The van der Waals surface area contributed by atoms with E-state index in [4.69, 9.17) is 5.11 Å². The van der Waals surface area contributed by atoms with E-state index in [9.17, 15) is 22.8 Å². The molecule has 7 nitrogen and oxygen atoms in total. The number of halogens is 3. The number of nitrogens with one attached hydrogen (secondary N) is 1. The number of amides is 2. The lowest BCUT2D eigenvalue weighted by molar-refractivity contribution is -0.154. The predicted molar refractivity (Wildman–Crippen MR) is 77.5 cm³/mol. The van der Waals surface area contributed by atoms with E-state index in [-0.39, 0.29) is 24.5 Å². The maximum absolute atomic E-state index is 12.2. The Morgan fingerprint density at radius 2 is 2.12 bits per heavy atom. The number of carbonyl (C=O) groups is 2. The molecule has 0 saturated heterocycles. The molecule has 0 saturated carbocycles. The van der Waals surface area contributed by atoms with Gasteiger partial charge in [-0.25, -0.2) is 9.78 Å². The van der Waals surface area contributed by atoms with Crippen LogP contribution in [0.1, 0.15) is 12.5 Å². The summed E-state index contributed by atoms with van der Waals surface area (Å²) >= 11 is 0. The van der Waals surface area contributed by atoms with E-state index >= 15 is 0 Å². The van der Waals surface area contributed by atoms with Crippen LogP contribution in [0.4, 0.5) is 18.0 Å². The molecule has 1 heterocycles. The van der Waals surface area contributed by atoms with Crippen molar-refractivity contribution in [2.24, 2.45) is 5.92 Å². The van der Waals surface area contributed by atoms with Crippen LogP contribution in [-0.2, 0) is 11.3 Å². The highest BCUT2D eigenvalue weighted by molar-refractivity contribution is 5.75. The Balaban J connectivity index is 2.60. The molecule has 0 aliphatic carbocycles. The minimum Gasteiger partial charge on any atom is -0.481 e. The van der Waals surface area contributed by atoms with Crippen molar-refractivity contribution in [2.75, 3.05) is 20.2 Å². The average Bonchev–Trinajstić information content (AvgIpc) is 2.50. The van der Waals surface area contributed by atoms with Gasteiger partial charge in [-0.15, -0.1) is 0 Å². The summed E-state index contributed by atoms with van der Waals surface area (Å²) in [7, 11) is 1.42. The van der Waals surface area contributed by atoms with Crippen molar-refractivity contribution < 1.29 is 32.6 Å². The zero-order valence-corrected chi connectivity index (χ0v) is 13.1. The number of aromatic nitrogens is 1. The second kappa shape index (κ2) is 8.37. The molecule has 1 unspecified atom stereocenters. The van der Waals surface area contributed by atoms with Crippen molar-refractivity contribution in [2.45, 2.75) is 19.6 Å². The van der Waals surface area contributed by atoms with E-state index in [1.54, 1.807) is 0 Å². The number of ether oxygens (including phenoxy) is 1. The summed E-state index contributed by atoms with van der Waals surface area (Å²) < 4.78 is 41.2. The lowest BCUT2D eigenvalue weighted by Crippen LogP contribution is -2.40. The number of nitrogens with zero attached hydrogens (tertiary/aromatic N) is 2. The molecule has 0 radical (unpaired) electrons. The smallest absolute Gasteiger partial charge is 0.422 e. The van der Waals surface area contributed by atoms with Gasteiger partial charge in [-0.2, -0.15) is 13.2 Å². The third-order valence-corrected chi connectivity index (χ3v) is 2.97. The number of urea groups is 1. The van der Waals surface area contributed by atoms with Crippen LogP contribution in [0.2, 0.25) is 0 Å². The molecule has 24 heavy (non-hydrogen) atoms. The van der Waals surface area contributed by atoms with Crippen LogP contribution in [0.25, 0.3) is 0 Å². The molecular weight excluding hydrogens is 331 g/mol. The summed E-state index contributed by atoms with van der Waals surface area (Å²) in [6, 6.07) is 2.41. The van der Waals surface area contributed by atoms with Gasteiger partial charge < -0.3 is 20.1 Å². The van der Waals surface area contributed by atoms with Gasteiger partial charge in [-0.05, 0) is 6.07 Å². The predicted octanol–water partition coefficient (Wildman–Crippen LogP) is 1.88. The Bertz CT molecular complexity index is 581. The van der Waals surface area contributed by atoms with E-state index in [2.05, 4.69) is 15.0 Å². The number of alkyl halides is 3. The Hall–Kier alpha value is -2.52. The van der Waals surface area contributed by atoms with Gasteiger partial charge in [0, 0.05) is 31.9 Å². The topological polar surface area (TPSA) is 91.8 Å². The number of hydrogen-bond donors (Lipinski definition) is 2. The summed E-state index contributed by atoms with van der Waals surface area (Å²) in [5.41, 5.74) is 0.273.